The first-order chi connectivity index (χ1) is 14.2. The van der Waals surface area contributed by atoms with Crippen LogP contribution < -0.4 is 5.32 Å². The van der Waals surface area contributed by atoms with Gasteiger partial charge in [-0.05, 0) is 31.0 Å². The Hall–Kier alpha value is -2.70. The van der Waals surface area contributed by atoms with Gasteiger partial charge in [0.2, 0.25) is 17.6 Å². The Morgan fingerprint density at radius 1 is 1.17 bits per heavy atom. The van der Waals surface area contributed by atoms with Crippen molar-refractivity contribution in [1.29, 1.82) is 0 Å². The molecule has 1 fully saturated rings. The van der Waals surface area contributed by atoms with Crippen LogP contribution in [0.2, 0.25) is 5.02 Å². The van der Waals surface area contributed by atoms with Gasteiger partial charge in [-0.2, -0.15) is 4.98 Å². The van der Waals surface area contributed by atoms with Gasteiger partial charge in [0.15, 0.2) is 0 Å². The number of hydrogen-bond acceptors (Lipinski definition) is 5. The number of carbonyl (C=O) groups excluding carboxylic acids is 1. The van der Waals surface area contributed by atoms with Crippen molar-refractivity contribution in [2.24, 2.45) is 5.92 Å². The van der Waals surface area contributed by atoms with Crippen molar-refractivity contribution in [3.8, 4) is 11.4 Å². The Kier molecular flexibility index (Phi) is 6.22. The molecule has 6 nitrogen and oxygen atoms in total. The maximum Gasteiger partial charge on any atom is 0.246 e. The number of carbonyl (C=O) groups is 1. The average molecular weight is 411 g/mol. The topological polar surface area (TPSA) is 71.3 Å². The molecule has 1 atom stereocenters. The van der Waals surface area contributed by atoms with E-state index in [0.717, 1.165) is 48.6 Å². The minimum atomic E-state index is -0.0530. The summed E-state index contributed by atoms with van der Waals surface area (Å²) in [4.78, 5) is 19.3. The zero-order valence-electron chi connectivity index (χ0n) is 16.1. The summed E-state index contributed by atoms with van der Waals surface area (Å²) < 4.78 is 5.27. The Morgan fingerprint density at radius 2 is 1.97 bits per heavy atom. The summed E-state index contributed by atoms with van der Waals surface area (Å²) in [5, 5.41) is 7.70. The van der Waals surface area contributed by atoms with Gasteiger partial charge < -0.3 is 9.84 Å². The Morgan fingerprint density at radius 3 is 2.79 bits per heavy atom. The van der Waals surface area contributed by atoms with Crippen molar-refractivity contribution in [2.75, 3.05) is 13.1 Å². The molecule has 1 saturated heterocycles. The van der Waals surface area contributed by atoms with Gasteiger partial charge in [0.1, 0.15) is 0 Å². The summed E-state index contributed by atoms with van der Waals surface area (Å²) in [7, 11) is 0. The van der Waals surface area contributed by atoms with Crippen molar-refractivity contribution < 1.29 is 9.32 Å². The molecule has 0 aliphatic carbocycles. The maximum atomic E-state index is 12.7. The monoisotopic (exact) mass is 410 g/mol. The molecule has 7 heteroatoms. The number of nitrogens with zero attached hydrogens (tertiary/aromatic N) is 3. The quantitative estimate of drug-likeness (QED) is 0.666. The minimum absolute atomic E-state index is 0.0216. The lowest BCUT2D eigenvalue weighted by Gasteiger charge is -2.32. The largest absolute Gasteiger partial charge is 0.347 e. The van der Waals surface area contributed by atoms with Gasteiger partial charge in [0.05, 0.1) is 12.5 Å². The fourth-order valence-corrected chi connectivity index (χ4v) is 3.81. The van der Waals surface area contributed by atoms with E-state index in [1.54, 1.807) is 0 Å². The second kappa shape index (κ2) is 9.20. The van der Waals surface area contributed by atoms with Crippen LogP contribution in [0.4, 0.5) is 0 Å². The summed E-state index contributed by atoms with van der Waals surface area (Å²) in [6.45, 7) is 2.68. The van der Waals surface area contributed by atoms with E-state index < -0.39 is 0 Å². The first-order valence-electron chi connectivity index (χ1n) is 9.80. The normalized spacial score (nSPS) is 17.2. The Labute approximate surface area is 174 Å². The highest BCUT2D eigenvalue weighted by molar-refractivity contribution is 6.31. The lowest BCUT2D eigenvalue weighted by Crippen LogP contribution is -2.42. The number of nitrogens with one attached hydrogen (secondary N) is 1. The number of halogens is 1. The summed E-state index contributed by atoms with van der Waals surface area (Å²) in [6, 6.07) is 17.5. The van der Waals surface area contributed by atoms with Gasteiger partial charge in [-0.25, -0.2) is 0 Å². The Balaban J connectivity index is 1.30. The molecule has 0 unspecified atom stereocenters. The van der Waals surface area contributed by atoms with Crippen LogP contribution in [0, 0.1) is 5.92 Å². The zero-order valence-corrected chi connectivity index (χ0v) is 16.8. The molecule has 29 heavy (non-hydrogen) atoms. The molecule has 3 aromatic rings. The number of amides is 1. The SMILES string of the molecule is O=C(NCc1nc(-c2ccccc2)no1)[C@@H]1CCCN(Cc2ccccc2Cl)C1. The Bertz CT molecular complexity index is 960. The van der Waals surface area contributed by atoms with Crippen LogP contribution in [-0.4, -0.2) is 34.0 Å². The van der Waals surface area contributed by atoms with Gasteiger partial charge in [-0.3, -0.25) is 9.69 Å². The fourth-order valence-electron chi connectivity index (χ4n) is 3.62. The minimum Gasteiger partial charge on any atom is -0.347 e. The highest BCUT2D eigenvalue weighted by atomic mass is 35.5. The molecule has 150 valence electrons. The van der Waals surface area contributed by atoms with Crippen LogP contribution >= 0.6 is 11.6 Å². The first-order valence-corrected chi connectivity index (χ1v) is 10.2. The van der Waals surface area contributed by atoms with E-state index in [9.17, 15) is 4.79 Å². The molecule has 0 spiro atoms. The molecule has 0 saturated carbocycles. The summed E-state index contributed by atoms with van der Waals surface area (Å²) in [6.07, 6.45) is 1.87. The van der Waals surface area contributed by atoms with Crippen molar-refractivity contribution in [1.82, 2.24) is 20.4 Å². The van der Waals surface area contributed by atoms with Crippen LogP contribution in [0.3, 0.4) is 0 Å². The summed E-state index contributed by atoms with van der Waals surface area (Å²) in [5.74, 6) is 0.899. The zero-order chi connectivity index (χ0) is 20.1. The average Bonchev–Trinajstić information content (AvgIpc) is 3.24. The molecule has 1 N–H and O–H groups in total. The smallest absolute Gasteiger partial charge is 0.246 e. The highest BCUT2D eigenvalue weighted by Gasteiger charge is 2.26. The predicted octanol–water partition coefficient (Wildman–Crippen LogP) is 3.92. The number of rotatable bonds is 6. The number of hydrogen-bond donors (Lipinski definition) is 1. The van der Waals surface area contributed by atoms with Gasteiger partial charge in [0, 0.05) is 23.7 Å². The number of benzene rings is 2. The third kappa shape index (κ3) is 5.02. The van der Waals surface area contributed by atoms with E-state index in [1.165, 1.54) is 0 Å². The van der Waals surface area contributed by atoms with Gasteiger partial charge in [-0.1, -0.05) is 65.3 Å². The van der Waals surface area contributed by atoms with Crippen LogP contribution in [0.15, 0.2) is 59.1 Å². The van der Waals surface area contributed by atoms with E-state index >= 15 is 0 Å². The van der Waals surface area contributed by atoms with Crippen LogP contribution in [-0.2, 0) is 17.9 Å². The van der Waals surface area contributed by atoms with Crippen molar-refractivity contribution >= 4 is 17.5 Å². The van der Waals surface area contributed by atoms with Gasteiger partial charge >= 0.3 is 0 Å². The molecule has 1 aromatic heterocycles. The lowest BCUT2D eigenvalue weighted by molar-refractivity contribution is -0.127. The van der Waals surface area contributed by atoms with Gasteiger partial charge in [0.25, 0.3) is 0 Å². The fraction of sp³-hybridized carbons (Fsp3) is 0.318. The standard InChI is InChI=1S/C22H23ClN4O2/c23-19-11-5-4-9-17(19)14-27-12-6-10-18(15-27)22(28)24-13-20-25-21(26-29-20)16-7-2-1-3-8-16/h1-5,7-9,11,18H,6,10,12-15H2,(H,24,28)/t18-/m1/s1. The van der Waals surface area contributed by atoms with Crippen LogP contribution in [0.1, 0.15) is 24.3 Å². The number of aromatic nitrogens is 2. The third-order valence-electron chi connectivity index (χ3n) is 5.14. The molecule has 2 heterocycles. The highest BCUT2D eigenvalue weighted by Crippen LogP contribution is 2.22. The summed E-state index contributed by atoms with van der Waals surface area (Å²) >= 11 is 6.28. The van der Waals surface area contributed by atoms with E-state index in [1.807, 2.05) is 54.6 Å². The molecule has 1 amide bonds. The van der Waals surface area contributed by atoms with Crippen molar-refractivity contribution in [3.63, 3.8) is 0 Å². The van der Waals surface area contributed by atoms with Crippen LogP contribution in [0.25, 0.3) is 11.4 Å². The second-order valence-electron chi connectivity index (χ2n) is 7.26. The molecule has 1 aliphatic heterocycles. The van der Waals surface area contributed by atoms with Gasteiger partial charge in [-0.15, -0.1) is 0 Å². The molecule has 0 bridgehead atoms. The number of likely N-dealkylation sites (tertiary alicyclic amines) is 1. The van der Waals surface area contributed by atoms with E-state index in [4.69, 9.17) is 16.1 Å². The molecular formula is C22H23ClN4O2. The van der Waals surface area contributed by atoms with E-state index in [-0.39, 0.29) is 18.4 Å². The third-order valence-corrected chi connectivity index (χ3v) is 5.51. The van der Waals surface area contributed by atoms with E-state index in [2.05, 4.69) is 20.4 Å². The van der Waals surface area contributed by atoms with Crippen LogP contribution in [0.5, 0.6) is 0 Å². The van der Waals surface area contributed by atoms with Crippen molar-refractivity contribution in [3.05, 3.63) is 71.1 Å². The number of piperidine rings is 1. The lowest BCUT2D eigenvalue weighted by atomic mass is 9.96. The second-order valence-corrected chi connectivity index (χ2v) is 7.67. The summed E-state index contributed by atoms with van der Waals surface area (Å²) in [5.41, 5.74) is 1.98. The molecule has 4 rings (SSSR count). The predicted molar refractivity (Wildman–Crippen MR) is 111 cm³/mol. The maximum absolute atomic E-state index is 12.7. The van der Waals surface area contributed by atoms with Crippen molar-refractivity contribution in [2.45, 2.75) is 25.9 Å². The molecule has 2 aromatic carbocycles. The molecular weight excluding hydrogens is 388 g/mol. The van der Waals surface area contributed by atoms with E-state index in [0.29, 0.717) is 11.7 Å². The molecule has 0 radical (unpaired) electrons. The first kappa shape index (κ1) is 19.6. The molecule has 1 aliphatic rings.